The number of carbonyl (C=O) groups excluding carboxylic acids is 2. The summed E-state index contributed by atoms with van der Waals surface area (Å²) in [5, 5.41) is 2.90. The van der Waals surface area contributed by atoms with Gasteiger partial charge in [0.1, 0.15) is 29.2 Å². The largest absolute Gasteiger partial charge is 0.497 e. The highest BCUT2D eigenvalue weighted by molar-refractivity contribution is 6.30. The quantitative estimate of drug-likeness (QED) is 0.488. The Morgan fingerprint density at radius 1 is 1.11 bits per heavy atom. The number of nitrogens with one attached hydrogen (secondary N) is 1. The first kappa shape index (κ1) is 24.1. The molecule has 0 aliphatic carbocycles. The van der Waals surface area contributed by atoms with Crippen molar-refractivity contribution in [1.29, 1.82) is 0 Å². The van der Waals surface area contributed by atoms with Gasteiger partial charge in [0, 0.05) is 40.7 Å². The summed E-state index contributed by atoms with van der Waals surface area (Å²) in [5.74, 6) is -5.66. The van der Waals surface area contributed by atoms with E-state index in [2.05, 4.69) is 10.2 Å². The number of nitrogens with zero attached hydrogens (tertiary/aromatic N) is 2. The minimum atomic E-state index is -1.45. The molecule has 178 valence electrons. The topological polar surface area (TPSA) is 63.0 Å². The molecule has 3 aromatic rings. The van der Waals surface area contributed by atoms with E-state index in [1.54, 1.807) is 0 Å². The molecule has 1 fully saturated rings. The van der Waals surface area contributed by atoms with Crippen LogP contribution in [-0.4, -0.2) is 31.5 Å². The number of benzene rings is 3. The fourth-order valence-corrected chi connectivity index (χ4v) is 4.20. The molecule has 35 heavy (non-hydrogen) atoms. The van der Waals surface area contributed by atoms with E-state index in [4.69, 9.17) is 22.9 Å². The SMILES string of the molecule is [C-]#[N+]c1cccc(F)c1N1C[C@@H](c2c(F)cc(OC)cc2F)[C@H](NC(=O)c2ccc(Cl)cc2)C1=O. The van der Waals surface area contributed by atoms with Crippen molar-refractivity contribution in [3.05, 3.63) is 99.6 Å². The van der Waals surface area contributed by atoms with E-state index < -0.39 is 46.8 Å². The first-order valence-corrected chi connectivity index (χ1v) is 10.7. The van der Waals surface area contributed by atoms with Gasteiger partial charge in [-0.2, -0.15) is 0 Å². The van der Waals surface area contributed by atoms with Crippen molar-refractivity contribution in [2.75, 3.05) is 18.6 Å². The Morgan fingerprint density at radius 2 is 1.77 bits per heavy atom. The van der Waals surface area contributed by atoms with Crippen LogP contribution < -0.4 is 15.0 Å². The summed E-state index contributed by atoms with van der Waals surface area (Å²) in [6, 6.07) is 9.96. The maximum Gasteiger partial charge on any atom is 0.251 e. The first-order valence-electron chi connectivity index (χ1n) is 10.3. The van der Waals surface area contributed by atoms with E-state index >= 15 is 8.78 Å². The molecule has 1 aliphatic rings. The van der Waals surface area contributed by atoms with Crippen molar-refractivity contribution in [3.8, 4) is 5.75 Å². The Labute approximate surface area is 203 Å². The molecule has 1 heterocycles. The van der Waals surface area contributed by atoms with Gasteiger partial charge in [-0.15, -0.1) is 0 Å². The summed E-state index contributed by atoms with van der Waals surface area (Å²) in [4.78, 5) is 30.5. The molecule has 4 rings (SSSR count). The summed E-state index contributed by atoms with van der Waals surface area (Å²) in [7, 11) is 1.24. The number of anilines is 1. The Hall–Kier alpha value is -4.03. The standard InChI is InChI=1S/C25H17ClF3N3O3/c1-30-20-5-3-4-17(27)23(20)32-12-16(21-18(28)10-15(35-2)11-19(21)29)22(25(32)34)31-24(33)13-6-8-14(26)9-7-13/h3-11,16,22H,12H2,2H3,(H,31,33)/t16-,22-/m0/s1. The van der Waals surface area contributed by atoms with Crippen LogP contribution >= 0.6 is 11.6 Å². The van der Waals surface area contributed by atoms with Gasteiger partial charge in [0.2, 0.25) is 11.6 Å². The van der Waals surface area contributed by atoms with Crippen molar-refractivity contribution in [2.45, 2.75) is 12.0 Å². The molecule has 0 aromatic heterocycles. The average molecular weight is 500 g/mol. The predicted octanol–water partition coefficient (Wildman–Crippen LogP) is 5.25. The summed E-state index contributed by atoms with van der Waals surface area (Å²) < 4.78 is 49.6. The van der Waals surface area contributed by atoms with Gasteiger partial charge < -0.3 is 15.0 Å². The van der Waals surface area contributed by atoms with E-state index in [0.717, 1.165) is 23.1 Å². The van der Waals surface area contributed by atoms with E-state index in [1.165, 1.54) is 43.5 Å². The molecule has 1 N–H and O–H groups in total. The predicted molar refractivity (Wildman–Crippen MR) is 123 cm³/mol. The second kappa shape index (κ2) is 9.68. The van der Waals surface area contributed by atoms with Crippen LogP contribution in [0, 0.1) is 24.0 Å². The third-order valence-corrected chi connectivity index (χ3v) is 5.97. The summed E-state index contributed by atoms with van der Waals surface area (Å²) in [5.41, 5.74) is -0.793. The number of halogens is 4. The van der Waals surface area contributed by atoms with Crippen LogP contribution in [0.5, 0.6) is 5.75 Å². The molecule has 10 heteroatoms. The van der Waals surface area contributed by atoms with Gasteiger partial charge in [0.25, 0.3) is 5.91 Å². The lowest BCUT2D eigenvalue weighted by Gasteiger charge is -2.20. The lowest BCUT2D eigenvalue weighted by Crippen LogP contribution is -2.44. The highest BCUT2D eigenvalue weighted by Crippen LogP contribution is 2.40. The Morgan fingerprint density at radius 3 is 2.37 bits per heavy atom. The molecular formula is C25H17ClF3N3O3. The van der Waals surface area contributed by atoms with Crippen LogP contribution in [0.25, 0.3) is 4.85 Å². The van der Waals surface area contributed by atoms with Gasteiger partial charge in [0.15, 0.2) is 0 Å². The van der Waals surface area contributed by atoms with E-state index in [1.807, 2.05) is 0 Å². The number of para-hydroxylation sites is 1. The van der Waals surface area contributed by atoms with Gasteiger partial charge >= 0.3 is 0 Å². The number of hydrogen-bond donors (Lipinski definition) is 1. The minimum Gasteiger partial charge on any atom is -0.497 e. The molecule has 6 nitrogen and oxygen atoms in total. The highest BCUT2D eigenvalue weighted by Gasteiger charge is 2.46. The van der Waals surface area contributed by atoms with Crippen LogP contribution in [-0.2, 0) is 4.79 Å². The van der Waals surface area contributed by atoms with Gasteiger partial charge in [-0.05, 0) is 30.3 Å². The monoisotopic (exact) mass is 499 g/mol. The highest BCUT2D eigenvalue weighted by atomic mass is 35.5. The third kappa shape index (κ3) is 4.53. The van der Waals surface area contributed by atoms with E-state index in [-0.39, 0.29) is 29.2 Å². The Kier molecular flexibility index (Phi) is 6.67. The fourth-order valence-electron chi connectivity index (χ4n) is 4.07. The number of amides is 2. The molecule has 0 spiro atoms. The molecule has 0 radical (unpaired) electrons. The van der Waals surface area contributed by atoms with Crippen molar-refractivity contribution < 1.29 is 27.5 Å². The molecule has 1 aliphatic heterocycles. The number of rotatable bonds is 5. The van der Waals surface area contributed by atoms with Gasteiger partial charge in [-0.25, -0.2) is 18.0 Å². The zero-order chi connectivity index (χ0) is 25.3. The number of carbonyl (C=O) groups is 2. The van der Waals surface area contributed by atoms with Crippen molar-refractivity contribution >= 4 is 34.8 Å². The fraction of sp³-hybridized carbons (Fsp3) is 0.160. The lowest BCUT2D eigenvalue weighted by atomic mass is 9.92. The third-order valence-electron chi connectivity index (χ3n) is 5.72. The second-order valence-electron chi connectivity index (χ2n) is 7.74. The molecule has 0 saturated carbocycles. The average Bonchev–Trinajstić information content (AvgIpc) is 3.13. The van der Waals surface area contributed by atoms with Gasteiger partial charge in [0.05, 0.1) is 19.4 Å². The van der Waals surface area contributed by atoms with Crippen LogP contribution in [0.15, 0.2) is 54.6 Å². The minimum absolute atomic E-state index is 0.0731. The number of methoxy groups -OCH3 is 1. The van der Waals surface area contributed by atoms with Crippen LogP contribution in [0.3, 0.4) is 0 Å². The normalized spacial score (nSPS) is 17.3. The van der Waals surface area contributed by atoms with E-state index in [9.17, 15) is 14.0 Å². The summed E-state index contributed by atoms with van der Waals surface area (Å²) in [6.07, 6.45) is 0. The zero-order valence-corrected chi connectivity index (χ0v) is 18.9. The summed E-state index contributed by atoms with van der Waals surface area (Å²) >= 11 is 5.86. The van der Waals surface area contributed by atoms with Crippen molar-refractivity contribution in [1.82, 2.24) is 5.32 Å². The molecule has 2 atom stereocenters. The molecule has 0 unspecified atom stereocenters. The Balaban J connectivity index is 1.80. The number of hydrogen-bond acceptors (Lipinski definition) is 3. The molecule has 0 bridgehead atoms. The van der Waals surface area contributed by atoms with Crippen molar-refractivity contribution in [3.63, 3.8) is 0 Å². The second-order valence-corrected chi connectivity index (χ2v) is 8.17. The molecular weight excluding hydrogens is 483 g/mol. The summed E-state index contributed by atoms with van der Waals surface area (Å²) in [6.45, 7) is 6.96. The Bertz CT molecular complexity index is 1340. The molecule has 3 aromatic carbocycles. The molecule has 2 amide bonds. The first-order chi connectivity index (χ1) is 16.7. The van der Waals surface area contributed by atoms with Crippen LogP contribution in [0.4, 0.5) is 24.5 Å². The lowest BCUT2D eigenvalue weighted by molar-refractivity contribution is -0.118. The maximum atomic E-state index is 15.0. The smallest absolute Gasteiger partial charge is 0.251 e. The van der Waals surface area contributed by atoms with E-state index in [0.29, 0.717) is 5.02 Å². The van der Waals surface area contributed by atoms with Crippen LogP contribution in [0.2, 0.25) is 5.02 Å². The van der Waals surface area contributed by atoms with Gasteiger partial charge in [-0.3, -0.25) is 9.59 Å². The molecule has 1 saturated heterocycles. The van der Waals surface area contributed by atoms with Gasteiger partial charge in [-0.1, -0.05) is 23.7 Å². The van der Waals surface area contributed by atoms with Crippen LogP contribution in [0.1, 0.15) is 21.8 Å². The zero-order valence-electron chi connectivity index (χ0n) is 18.2. The maximum absolute atomic E-state index is 15.0. The van der Waals surface area contributed by atoms with Crippen molar-refractivity contribution in [2.24, 2.45) is 0 Å². The number of ether oxygens (including phenoxy) is 1.